The lowest BCUT2D eigenvalue weighted by molar-refractivity contribution is -0.117. The summed E-state index contributed by atoms with van der Waals surface area (Å²) in [6.45, 7) is 5.71. The molecule has 2 heterocycles. The van der Waals surface area contributed by atoms with Crippen LogP contribution in [0.3, 0.4) is 0 Å². The Balaban J connectivity index is 1.53. The molecule has 1 aromatic carbocycles. The van der Waals surface area contributed by atoms with E-state index in [1.165, 1.54) is 12.8 Å². The molecule has 4 nitrogen and oxygen atoms in total. The average molecular weight is 273 g/mol. The minimum Gasteiger partial charge on any atom is -0.325 e. The predicted molar refractivity (Wildman–Crippen MR) is 80.8 cm³/mol. The largest absolute Gasteiger partial charge is 0.325 e. The lowest BCUT2D eigenvalue weighted by Crippen LogP contribution is -2.41. The van der Waals surface area contributed by atoms with Crippen LogP contribution in [0.15, 0.2) is 24.3 Å². The average Bonchev–Trinajstić information content (AvgIpc) is 2.83. The molecule has 2 aliphatic rings. The molecule has 2 fully saturated rings. The number of hydrogen-bond donors (Lipinski definition) is 2. The van der Waals surface area contributed by atoms with Crippen molar-refractivity contribution >= 4 is 11.6 Å². The van der Waals surface area contributed by atoms with E-state index in [9.17, 15) is 4.79 Å². The molecule has 3 rings (SSSR count). The van der Waals surface area contributed by atoms with Gasteiger partial charge in [0.25, 0.3) is 0 Å². The van der Waals surface area contributed by atoms with Crippen LogP contribution in [-0.2, 0) is 4.79 Å². The molecule has 1 amide bonds. The van der Waals surface area contributed by atoms with Crippen molar-refractivity contribution in [1.29, 1.82) is 0 Å². The number of carbonyl (C=O) groups is 1. The summed E-state index contributed by atoms with van der Waals surface area (Å²) in [5, 5.41) is 6.59. The Labute approximate surface area is 120 Å². The van der Waals surface area contributed by atoms with Gasteiger partial charge in [-0.1, -0.05) is 18.2 Å². The molecule has 0 spiro atoms. The number of rotatable bonds is 3. The third-order valence-electron chi connectivity index (χ3n) is 4.46. The second-order valence-electron chi connectivity index (χ2n) is 6.02. The van der Waals surface area contributed by atoms with Crippen LogP contribution < -0.4 is 10.6 Å². The summed E-state index contributed by atoms with van der Waals surface area (Å²) in [6.07, 6.45) is 2.57. The Hall–Kier alpha value is -1.39. The second kappa shape index (κ2) is 5.94. The number of anilines is 1. The molecule has 2 N–H and O–H groups in total. The highest BCUT2D eigenvalue weighted by Gasteiger charge is 2.34. The van der Waals surface area contributed by atoms with E-state index in [1.807, 2.05) is 31.2 Å². The first-order valence-electron chi connectivity index (χ1n) is 7.53. The zero-order valence-corrected chi connectivity index (χ0v) is 12.1. The highest BCUT2D eigenvalue weighted by Crippen LogP contribution is 2.24. The third-order valence-corrected chi connectivity index (χ3v) is 4.46. The zero-order chi connectivity index (χ0) is 13.9. The number of para-hydroxylation sites is 1. The summed E-state index contributed by atoms with van der Waals surface area (Å²) in [5.41, 5.74) is 2.03. The molecule has 108 valence electrons. The SMILES string of the molecule is Cc1ccccc1NC(=O)CN1CC2CCCNC2C1. The van der Waals surface area contributed by atoms with Crippen molar-refractivity contribution in [1.82, 2.24) is 10.2 Å². The number of amides is 1. The molecule has 0 radical (unpaired) electrons. The summed E-state index contributed by atoms with van der Waals surface area (Å²) in [6, 6.07) is 8.51. The lowest BCUT2D eigenvalue weighted by atomic mass is 9.94. The Kier molecular flexibility index (Phi) is 4.03. The molecule has 2 atom stereocenters. The van der Waals surface area contributed by atoms with Gasteiger partial charge in [0.1, 0.15) is 0 Å². The standard InChI is InChI=1S/C16H23N3O/c1-12-5-2-3-7-14(12)18-16(20)11-19-9-13-6-4-8-17-15(13)10-19/h2-3,5,7,13,15,17H,4,6,8-11H2,1H3,(H,18,20). The number of benzene rings is 1. The van der Waals surface area contributed by atoms with Crippen LogP contribution in [0.5, 0.6) is 0 Å². The van der Waals surface area contributed by atoms with Gasteiger partial charge in [-0.2, -0.15) is 0 Å². The lowest BCUT2D eigenvalue weighted by Gasteiger charge is -2.24. The first kappa shape index (κ1) is 13.6. The molecular formula is C16H23N3O. The molecule has 2 aliphatic heterocycles. The fraction of sp³-hybridized carbons (Fsp3) is 0.562. The van der Waals surface area contributed by atoms with Crippen LogP contribution in [-0.4, -0.2) is 43.0 Å². The van der Waals surface area contributed by atoms with Gasteiger partial charge in [0.15, 0.2) is 0 Å². The van der Waals surface area contributed by atoms with Gasteiger partial charge in [-0.15, -0.1) is 0 Å². The van der Waals surface area contributed by atoms with Gasteiger partial charge in [-0.25, -0.2) is 0 Å². The van der Waals surface area contributed by atoms with Crippen molar-refractivity contribution < 1.29 is 4.79 Å². The Morgan fingerprint density at radius 3 is 3.05 bits per heavy atom. The van der Waals surface area contributed by atoms with Crippen molar-refractivity contribution in [3.05, 3.63) is 29.8 Å². The van der Waals surface area contributed by atoms with Crippen LogP contribution in [0.1, 0.15) is 18.4 Å². The minimum absolute atomic E-state index is 0.0953. The van der Waals surface area contributed by atoms with Crippen molar-refractivity contribution in [2.75, 3.05) is 31.5 Å². The normalized spacial score (nSPS) is 26.2. The first-order chi connectivity index (χ1) is 9.72. The molecule has 0 aliphatic carbocycles. The van der Waals surface area contributed by atoms with Crippen LogP contribution in [0, 0.1) is 12.8 Å². The topological polar surface area (TPSA) is 44.4 Å². The Morgan fingerprint density at radius 2 is 2.25 bits per heavy atom. The number of nitrogens with zero attached hydrogens (tertiary/aromatic N) is 1. The molecule has 2 saturated heterocycles. The van der Waals surface area contributed by atoms with E-state index in [0.29, 0.717) is 12.6 Å². The molecular weight excluding hydrogens is 250 g/mol. The Morgan fingerprint density at radius 1 is 1.40 bits per heavy atom. The predicted octanol–water partition coefficient (Wildman–Crippen LogP) is 1.62. The van der Waals surface area contributed by atoms with Gasteiger partial charge in [0.2, 0.25) is 5.91 Å². The van der Waals surface area contributed by atoms with Crippen LogP contribution in [0.4, 0.5) is 5.69 Å². The van der Waals surface area contributed by atoms with Gasteiger partial charge in [0, 0.05) is 24.8 Å². The van der Waals surface area contributed by atoms with E-state index in [4.69, 9.17) is 0 Å². The van der Waals surface area contributed by atoms with Crippen molar-refractivity contribution in [3.63, 3.8) is 0 Å². The highest BCUT2D eigenvalue weighted by molar-refractivity contribution is 5.92. The smallest absolute Gasteiger partial charge is 0.238 e. The first-order valence-corrected chi connectivity index (χ1v) is 7.53. The summed E-state index contributed by atoms with van der Waals surface area (Å²) < 4.78 is 0. The minimum atomic E-state index is 0.0953. The van der Waals surface area contributed by atoms with E-state index in [2.05, 4.69) is 15.5 Å². The molecule has 2 unspecified atom stereocenters. The number of hydrogen-bond acceptors (Lipinski definition) is 3. The maximum atomic E-state index is 12.2. The fourth-order valence-corrected chi connectivity index (χ4v) is 3.37. The molecule has 0 saturated carbocycles. The van der Waals surface area contributed by atoms with Crippen LogP contribution >= 0.6 is 0 Å². The van der Waals surface area contributed by atoms with Crippen molar-refractivity contribution in [3.8, 4) is 0 Å². The van der Waals surface area contributed by atoms with Gasteiger partial charge < -0.3 is 10.6 Å². The quantitative estimate of drug-likeness (QED) is 0.879. The maximum Gasteiger partial charge on any atom is 0.238 e. The van der Waals surface area contributed by atoms with E-state index in [1.54, 1.807) is 0 Å². The van der Waals surface area contributed by atoms with Crippen molar-refractivity contribution in [2.24, 2.45) is 5.92 Å². The van der Waals surface area contributed by atoms with E-state index < -0.39 is 0 Å². The van der Waals surface area contributed by atoms with Gasteiger partial charge in [-0.3, -0.25) is 9.69 Å². The van der Waals surface area contributed by atoms with Gasteiger partial charge in [-0.05, 0) is 43.9 Å². The summed E-state index contributed by atoms with van der Waals surface area (Å²) in [4.78, 5) is 14.4. The molecule has 0 aromatic heterocycles. The van der Waals surface area contributed by atoms with Gasteiger partial charge in [0.05, 0.1) is 6.54 Å². The van der Waals surface area contributed by atoms with Crippen LogP contribution in [0.2, 0.25) is 0 Å². The maximum absolute atomic E-state index is 12.2. The summed E-state index contributed by atoms with van der Waals surface area (Å²) in [5.74, 6) is 0.827. The Bertz CT molecular complexity index is 474. The second-order valence-corrected chi connectivity index (χ2v) is 6.02. The third kappa shape index (κ3) is 3.02. The number of aryl methyl sites for hydroxylation is 1. The molecule has 4 heteroatoms. The number of nitrogens with one attached hydrogen (secondary N) is 2. The van der Waals surface area contributed by atoms with Crippen LogP contribution in [0.25, 0.3) is 0 Å². The number of carbonyl (C=O) groups excluding carboxylic acids is 1. The van der Waals surface area contributed by atoms with E-state index in [0.717, 1.165) is 36.8 Å². The van der Waals surface area contributed by atoms with E-state index in [-0.39, 0.29) is 5.91 Å². The highest BCUT2D eigenvalue weighted by atomic mass is 16.2. The van der Waals surface area contributed by atoms with Crippen molar-refractivity contribution in [2.45, 2.75) is 25.8 Å². The zero-order valence-electron chi connectivity index (χ0n) is 12.1. The van der Waals surface area contributed by atoms with E-state index >= 15 is 0 Å². The fourth-order valence-electron chi connectivity index (χ4n) is 3.37. The molecule has 1 aromatic rings. The number of piperidine rings is 1. The molecule has 20 heavy (non-hydrogen) atoms. The molecule has 0 bridgehead atoms. The summed E-state index contributed by atoms with van der Waals surface area (Å²) in [7, 11) is 0. The number of likely N-dealkylation sites (tertiary alicyclic amines) is 1. The monoisotopic (exact) mass is 273 g/mol. The summed E-state index contributed by atoms with van der Waals surface area (Å²) >= 11 is 0. The number of fused-ring (bicyclic) bond motifs is 1. The van der Waals surface area contributed by atoms with Gasteiger partial charge >= 0.3 is 0 Å².